The first-order valence-electron chi connectivity index (χ1n) is 7.19. The highest BCUT2D eigenvalue weighted by atomic mass is 32.1. The van der Waals surface area contributed by atoms with Crippen LogP contribution in [0.25, 0.3) is 0 Å². The number of aryl methyl sites for hydroxylation is 1. The van der Waals surface area contributed by atoms with Gasteiger partial charge in [0.15, 0.2) is 0 Å². The molecule has 1 saturated carbocycles. The van der Waals surface area contributed by atoms with Crippen LogP contribution in [0, 0.1) is 6.92 Å². The lowest BCUT2D eigenvalue weighted by molar-refractivity contribution is -0.146. The van der Waals surface area contributed by atoms with Crippen molar-refractivity contribution in [2.45, 2.75) is 58.0 Å². The SMILES string of the molecule is CCOC(=O)C(NC1CCCCC1)c1ccc(C)s1. The van der Waals surface area contributed by atoms with Crippen molar-refractivity contribution in [3.63, 3.8) is 0 Å². The number of nitrogens with one attached hydrogen (secondary N) is 1. The first-order valence-corrected chi connectivity index (χ1v) is 8.01. The Morgan fingerprint density at radius 1 is 1.42 bits per heavy atom. The highest BCUT2D eigenvalue weighted by Crippen LogP contribution is 2.27. The van der Waals surface area contributed by atoms with Crippen molar-refractivity contribution < 1.29 is 9.53 Å². The summed E-state index contributed by atoms with van der Waals surface area (Å²) in [4.78, 5) is 14.5. The molecule has 1 unspecified atom stereocenters. The molecule has 106 valence electrons. The maximum absolute atomic E-state index is 12.1. The van der Waals surface area contributed by atoms with E-state index in [-0.39, 0.29) is 12.0 Å². The van der Waals surface area contributed by atoms with Gasteiger partial charge in [0.1, 0.15) is 6.04 Å². The third-order valence-corrected chi connectivity index (χ3v) is 4.64. The second kappa shape index (κ2) is 7.06. The summed E-state index contributed by atoms with van der Waals surface area (Å²) in [5.41, 5.74) is 0. The fourth-order valence-corrected chi connectivity index (χ4v) is 3.53. The van der Waals surface area contributed by atoms with Gasteiger partial charge in [-0.1, -0.05) is 19.3 Å². The fraction of sp³-hybridized carbons (Fsp3) is 0.667. The van der Waals surface area contributed by atoms with Crippen LogP contribution in [0.5, 0.6) is 0 Å². The van der Waals surface area contributed by atoms with E-state index in [4.69, 9.17) is 4.74 Å². The summed E-state index contributed by atoms with van der Waals surface area (Å²) >= 11 is 1.68. The van der Waals surface area contributed by atoms with E-state index >= 15 is 0 Å². The number of hydrogen-bond acceptors (Lipinski definition) is 4. The lowest BCUT2D eigenvalue weighted by Gasteiger charge is -2.27. The number of rotatable bonds is 5. The first-order chi connectivity index (χ1) is 9.20. The third-order valence-electron chi connectivity index (χ3n) is 3.58. The molecule has 0 amide bonds. The molecule has 2 rings (SSSR count). The van der Waals surface area contributed by atoms with Gasteiger partial charge in [-0.2, -0.15) is 0 Å². The van der Waals surface area contributed by atoms with E-state index in [2.05, 4.69) is 18.3 Å². The predicted octanol–water partition coefficient (Wildman–Crippen LogP) is 3.58. The van der Waals surface area contributed by atoms with Gasteiger partial charge in [-0.05, 0) is 38.8 Å². The Morgan fingerprint density at radius 2 is 2.16 bits per heavy atom. The Bertz CT molecular complexity index is 410. The number of thiophene rings is 1. The summed E-state index contributed by atoms with van der Waals surface area (Å²) in [7, 11) is 0. The zero-order chi connectivity index (χ0) is 13.7. The average molecular weight is 281 g/mol. The number of hydrogen-bond donors (Lipinski definition) is 1. The van der Waals surface area contributed by atoms with Crippen molar-refractivity contribution in [3.05, 3.63) is 21.9 Å². The standard InChI is InChI=1S/C15H23NO2S/c1-3-18-15(17)14(13-10-9-11(2)19-13)16-12-7-5-4-6-8-12/h9-10,12,14,16H,3-8H2,1-2H3. The van der Waals surface area contributed by atoms with Crippen LogP contribution in [0.2, 0.25) is 0 Å². The summed E-state index contributed by atoms with van der Waals surface area (Å²) in [6, 6.07) is 4.26. The monoisotopic (exact) mass is 281 g/mol. The normalized spacial score (nSPS) is 18.2. The maximum Gasteiger partial charge on any atom is 0.328 e. The Morgan fingerprint density at radius 3 is 2.74 bits per heavy atom. The summed E-state index contributed by atoms with van der Waals surface area (Å²) < 4.78 is 5.21. The van der Waals surface area contributed by atoms with Crippen LogP contribution in [0.15, 0.2) is 12.1 Å². The van der Waals surface area contributed by atoms with E-state index in [1.165, 1.54) is 37.0 Å². The minimum absolute atomic E-state index is 0.144. The van der Waals surface area contributed by atoms with Crippen molar-refractivity contribution in [2.24, 2.45) is 0 Å². The molecule has 0 saturated heterocycles. The zero-order valence-corrected chi connectivity index (χ0v) is 12.6. The highest BCUT2D eigenvalue weighted by Gasteiger charge is 2.27. The van der Waals surface area contributed by atoms with Crippen LogP contribution in [-0.4, -0.2) is 18.6 Å². The molecular weight excluding hydrogens is 258 g/mol. The molecule has 4 heteroatoms. The summed E-state index contributed by atoms with van der Waals surface area (Å²) in [5, 5.41) is 3.51. The minimum Gasteiger partial charge on any atom is -0.465 e. The lowest BCUT2D eigenvalue weighted by Crippen LogP contribution is -2.38. The molecule has 0 aliphatic heterocycles. The number of carbonyl (C=O) groups is 1. The molecule has 1 aromatic rings. The van der Waals surface area contributed by atoms with E-state index in [0.717, 1.165) is 4.88 Å². The predicted molar refractivity (Wildman–Crippen MR) is 78.4 cm³/mol. The smallest absolute Gasteiger partial charge is 0.328 e. The van der Waals surface area contributed by atoms with Crippen LogP contribution in [0.4, 0.5) is 0 Å². The molecule has 1 aliphatic rings. The topological polar surface area (TPSA) is 38.3 Å². The van der Waals surface area contributed by atoms with E-state index in [1.54, 1.807) is 11.3 Å². The third kappa shape index (κ3) is 4.05. The molecule has 3 nitrogen and oxygen atoms in total. The second-order valence-corrected chi connectivity index (χ2v) is 6.45. The van der Waals surface area contributed by atoms with Crippen molar-refractivity contribution >= 4 is 17.3 Å². The average Bonchev–Trinajstić information content (AvgIpc) is 2.84. The Balaban J connectivity index is 2.07. The largest absolute Gasteiger partial charge is 0.465 e. The number of ether oxygens (including phenoxy) is 1. The molecule has 0 radical (unpaired) electrons. The maximum atomic E-state index is 12.1. The summed E-state index contributed by atoms with van der Waals surface area (Å²) in [6.45, 7) is 4.36. The van der Waals surface area contributed by atoms with Crippen LogP contribution in [0.3, 0.4) is 0 Å². The highest BCUT2D eigenvalue weighted by molar-refractivity contribution is 7.12. The van der Waals surface area contributed by atoms with Gasteiger partial charge in [-0.3, -0.25) is 5.32 Å². The molecule has 1 atom stereocenters. The molecule has 0 spiro atoms. The van der Waals surface area contributed by atoms with Crippen molar-refractivity contribution in [2.75, 3.05) is 6.61 Å². The second-order valence-electron chi connectivity index (χ2n) is 5.14. The van der Waals surface area contributed by atoms with Crippen molar-refractivity contribution in [1.82, 2.24) is 5.32 Å². The number of carbonyl (C=O) groups excluding carboxylic acids is 1. The van der Waals surface area contributed by atoms with Gasteiger partial charge in [0, 0.05) is 15.8 Å². The van der Waals surface area contributed by atoms with E-state index in [0.29, 0.717) is 12.6 Å². The van der Waals surface area contributed by atoms with E-state index < -0.39 is 0 Å². The minimum atomic E-state index is -0.290. The molecule has 1 N–H and O–H groups in total. The molecule has 1 aromatic heterocycles. The van der Waals surface area contributed by atoms with Crippen LogP contribution < -0.4 is 5.32 Å². The number of esters is 1. The summed E-state index contributed by atoms with van der Waals surface area (Å²) in [5.74, 6) is -0.144. The molecule has 0 bridgehead atoms. The molecule has 1 aliphatic carbocycles. The van der Waals surface area contributed by atoms with E-state index in [1.807, 2.05) is 13.0 Å². The van der Waals surface area contributed by atoms with Gasteiger partial charge in [-0.15, -0.1) is 11.3 Å². The quantitative estimate of drug-likeness (QED) is 0.838. The Kier molecular flexibility index (Phi) is 5.40. The van der Waals surface area contributed by atoms with E-state index in [9.17, 15) is 4.79 Å². The molecule has 19 heavy (non-hydrogen) atoms. The van der Waals surface area contributed by atoms with Crippen LogP contribution in [-0.2, 0) is 9.53 Å². The molecule has 1 heterocycles. The zero-order valence-electron chi connectivity index (χ0n) is 11.8. The molecule has 0 aromatic carbocycles. The first kappa shape index (κ1) is 14.5. The molecule has 1 fully saturated rings. The van der Waals surface area contributed by atoms with Gasteiger partial charge in [0.25, 0.3) is 0 Å². The van der Waals surface area contributed by atoms with Crippen molar-refractivity contribution in [3.8, 4) is 0 Å². The van der Waals surface area contributed by atoms with Gasteiger partial charge < -0.3 is 4.74 Å². The Hall–Kier alpha value is -0.870. The van der Waals surface area contributed by atoms with Crippen LogP contribution in [0.1, 0.15) is 54.8 Å². The lowest BCUT2D eigenvalue weighted by atomic mass is 9.95. The molecular formula is C15H23NO2S. The summed E-state index contributed by atoms with van der Waals surface area (Å²) in [6.07, 6.45) is 6.17. The van der Waals surface area contributed by atoms with Crippen LogP contribution >= 0.6 is 11.3 Å². The van der Waals surface area contributed by atoms with Gasteiger partial charge in [-0.25, -0.2) is 4.79 Å². The van der Waals surface area contributed by atoms with Gasteiger partial charge >= 0.3 is 5.97 Å². The van der Waals surface area contributed by atoms with Crippen molar-refractivity contribution in [1.29, 1.82) is 0 Å². The fourth-order valence-electron chi connectivity index (χ4n) is 2.61. The van der Waals surface area contributed by atoms with Gasteiger partial charge in [0.2, 0.25) is 0 Å². The van der Waals surface area contributed by atoms with Gasteiger partial charge in [0.05, 0.1) is 6.61 Å². The Labute approximate surface area is 119 Å².